The molecule has 1 aliphatic heterocycles. The maximum atomic E-state index is 13.8. The third-order valence-corrected chi connectivity index (χ3v) is 3.85. The molecule has 4 nitrogen and oxygen atoms in total. The van der Waals surface area contributed by atoms with Crippen molar-refractivity contribution in [1.82, 2.24) is 15.1 Å². The third-order valence-electron chi connectivity index (χ3n) is 3.35. The van der Waals surface area contributed by atoms with E-state index in [1.54, 1.807) is 18.2 Å². The normalized spacial score (nSPS) is 14.1. The highest BCUT2D eigenvalue weighted by atomic mass is 79.9. The lowest BCUT2D eigenvalue weighted by atomic mass is 10.1. The number of halogens is 2. The van der Waals surface area contributed by atoms with Crippen molar-refractivity contribution in [3.8, 4) is 0 Å². The topological polar surface area (TPSA) is 46.9 Å². The zero-order chi connectivity index (χ0) is 14.1. The van der Waals surface area contributed by atoms with E-state index >= 15 is 0 Å². The fourth-order valence-electron chi connectivity index (χ4n) is 2.28. The van der Waals surface area contributed by atoms with E-state index in [2.05, 4.69) is 26.3 Å². The highest BCUT2D eigenvalue weighted by Crippen LogP contribution is 2.16. The second-order valence-electron chi connectivity index (χ2n) is 4.77. The van der Waals surface area contributed by atoms with Crippen molar-refractivity contribution in [3.63, 3.8) is 0 Å². The van der Waals surface area contributed by atoms with Crippen molar-refractivity contribution < 1.29 is 4.39 Å². The van der Waals surface area contributed by atoms with Gasteiger partial charge in [-0.3, -0.25) is 4.79 Å². The Morgan fingerprint density at radius 3 is 3.05 bits per heavy atom. The van der Waals surface area contributed by atoms with Crippen LogP contribution in [0.25, 0.3) is 0 Å². The van der Waals surface area contributed by atoms with Gasteiger partial charge in [-0.05, 0) is 17.7 Å². The van der Waals surface area contributed by atoms with Crippen molar-refractivity contribution in [2.24, 2.45) is 0 Å². The first-order valence-corrected chi connectivity index (χ1v) is 7.17. The molecule has 2 aromatic rings. The van der Waals surface area contributed by atoms with E-state index in [-0.39, 0.29) is 17.9 Å². The van der Waals surface area contributed by atoms with Crippen molar-refractivity contribution in [3.05, 3.63) is 61.7 Å². The van der Waals surface area contributed by atoms with Crippen LogP contribution in [0, 0.1) is 5.82 Å². The molecule has 3 rings (SSSR count). The van der Waals surface area contributed by atoms with Crippen LogP contribution >= 0.6 is 15.9 Å². The number of aromatic nitrogens is 2. The Labute approximate surface area is 123 Å². The first-order chi connectivity index (χ1) is 9.63. The van der Waals surface area contributed by atoms with Crippen molar-refractivity contribution >= 4 is 15.9 Å². The molecule has 6 heteroatoms. The SMILES string of the molecule is O=c1cc2c(nn1Cc1ccc(Br)cc1F)CCNC2. The molecule has 104 valence electrons. The summed E-state index contributed by atoms with van der Waals surface area (Å²) in [5.74, 6) is -0.340. The molecule has 1 N–H and O–H groups in total. The van der Waals surface area contributed by atoms with Gasteiger partial charge in [-0.25, -0.2) is 9.07 Å². The lowest BCUT2D eigenvalue weighted by Crippen LogP contribution is -2.32. The van der Waals surface area contributed by atoms with Gasteiger partial charge < -0.3 is 5.32 Å². The van der Waals surface area contributed by atoms with Gasteiger partial charge in [0.25, 0.3) is 5.56 Å². The van der Waals surface area contributed by atoms with Gasteiger partial charge in [0.1, 0.15) is 5.82 Å². The van der Waals surface area contributed by atoms with Crippen molar-refractivity contribution in [2.75, 3.05) is 6.54 Å². The summed E-state index contributed by atoms with van der Waals surface area (Å²) >= 11 is 3.21. The maximum Gasteiger partial charge on any atom is 0.267 e. The van der Waals surface area contributed by atoms with Crippen molar-refractivity contribution in [1.29, 1.82) is 0 Å². The predicted octanol–water partition coefficient (Wildman–Crippen LogP) is 1.84. The molecular weight excluding hydrogens is 325 g/mol. The lowest BCUT2D eigenvalue weighted by molar-refractivity contribution is 0.542. The van der Waals surface area contributed by atoms with Crippen LogP contribution < -0.4 is 10.9 Å². The molecular formula is C14H13BrFN3O. The standard InChI is InChI=1S/C14H13BrFN3O/c15-11-2-1-9(12(16)6-11)8-19-14(20)5-10-7-17-4-3-13(10)18-19/h1-2,5-6,17H,3-4,7-8H2. The number of benzene rings is 1. The average Bonchev–Trinajstić information content (AvgIpc) is 2.42. The summed E-state index contributed by atoms with van der Waals surface area (Å²) in [6.45, 7) is 1.68. The van der Waals surface area contributed by atoms with Gasteiger partial charge in [-0.1, -0.05) is 22.0 Å². The molecule has 0 saturated heterocycles. The number of fused-ring (bicyclic) bond motifs is 1. The average molecular weight is 338 g/mol. The third kappa shape index (κ3) is 2.66. The van der Waals surface area contributed by atoms with E-state index in [0.717, 1.165) is 24.2 Å². The van der Waals surface area contributed by atoms with Crippen LogP contribution in [-0.4, -0.2) is 16.3 Å². The Morgan fingerprint density at radius 2 is 2.25 bits per heavy atom. The minimum absolute atomic E-state index is 0.151. The number of hydrogen-bond donors (Lipinski definition) is 1. The summed E-state index contributed by atoms with van der Waals surface area (Å²) in [7, 11) is 0. The zero-order valence-corrected chi connectivity index (χ0v) is 12.3. The molecule has 20 heavy (non-hydrogen) atoms. The highest BCUT2D eigenvalue weighted by molar-refractivity contribution is 9.10. The summed E-state index contributed by atoms with van der Waals surface area (Å²) in [4.78, 5) is 12.0. The van der Waals surface area contributed by atoms with E-state index in [1.165, 1.54) is 10.7 Å². The van der Waals surface area contributed by atoms with Gasteiger partial charge in [0, 0.05) is 35.6 Å². The Bertz CT molecular complexity index is 714. The Hall–Kier alpha value is -1.53. The van der Waals surface area contributed by atoms with Crippen LogP contribution in [0.5, 0.6) is 0 Å². The molecule has 0 amide bonds. The van der Waals surface area contributed by atoms with E-state index in [4.69, 9.17) is 0 Å². The first-order valence-electron chi connectivity index (χ1n) is 6.38. The molecule has 0 radical (unpaired) electrons. The highest BCUT2D eigenvalue weighted by Gasteiger charge is 2.13. The molecule has 0 bridgehead atoms. The molecule has 0 aliphatic carbocycles. The summed E-state index contributed by atoms with van der Waals surface area (Å²) in [6, 6.07) is 6.40. The van der Waals surface area contributed by atoms with E-state index in [0.29, 0.717) is 16.6 Å². The Morgan fingerprint density at radius 1 is 1.40 bits per heavy atom. The minimum atomic E-state index is -0.340. The molecule has 0 saturated carbocycles. The fourth-order valence-corrected chi connectivity index (χ4v) is 2.62. The molecule has 0 atom stereocenters. The number of nitrogens with zero attached hydrogens (tertiary/aromatic N) is 2. The van der Waals surface area contributed by atoms with Gasteiger partial charge in [0.05, 0.1) is 12.2 Å². The van der Waals surface area contributed by atoms with Crippen LogP contribution in [0.2, 0.25) is 0 Å². The molecule has 1 aromatic heterocycles. The summed E-state index contributed by atoms with van der Waals surface area (Å²) in [5, 5.41) is 7.56. The molecule has 0 spiro atoms. The molecule has 0 fully saturated rings. The first kappa shape index (κ1) is 13.5. The summed E-state index contributed by atoms with van der Waals surface area (Å²) in [6.07, 6.45) is 0.790. The minimum Gasteiger partial charge on any atom is -0.312 e. The van der Waals surface area contributed by atoms with Gasteiger partial charge in [0.15, 0.2) is 0 Å². The predicted molar refractivity (Wildman–Crippen MR) is 77.1 cm³/mol. The van der Waals surface area contributed by atoms with Crippen LogP contribution in [0.1, 0.15) is 16.8 Å². The smallest absolute Gasteiger partial charge is 0.267 e. The second-order valence-corrected chi connectivity index (χ2v) is 5.69. The van der Waals surface area contributed by atoms with Gasteiger partial charge in [-0.2, -0.15) is 5.10 Å². The van der Waals surface area contributed by atoms with Gasteiger partial charge in [0.2, 0.25) is 0 Å². The number of nitrogens with one attached hydrogen (secondary N) is 1. The Kier molecular flexibility index (Phi) is 3.67. The number of rotatable bonds is 2. The summed E-state index contributed by atoms with van der Waals surface area (Å²) < 4.78 is 15.8. The molecule has 1 aliphatic rings. The zero-order valence-electron chi connectivity index (χ0n) is 10.7. The monoisotopic (exact) mass is 337 g/mol. The molecule has 0 unspecified atom stereocenters. The van der Waals surface area contributed by atoms with Crippen LogP contribution in [-0.2, 0) is 19.5 Å². The lowest BCUT2D eigenvalue weighted by Gasteiger charge is -2.17. The molecule has 2 heterocycles. The van der Waals surface area contributed by atoms with Crippen LogP contribution in [0.4, 0.5) is 4.39 Å². The number of hydrogen-bond acceptors (Lipinski definition) is 3. The molecule has 1 aromatic carbocycles. The largest absolute Gasteiger partial charge is 0.312 e. The van der Waals surface area contributed by atoms with Gasteiger partial charge >= 0.3 is 0 Å². The van der Waals surface area contributed by atoms with Crippen LogP contribution in [0.15, 0.2) is 33.5 Å². The van der Waals surface area contributed by atoms with Crippen LogP contribution in [0.3, 0.4) is 0 Å². The summed E-state index contributed by atoms with van der Waals surface area (Å²) in [5.41, 5.74) is 2.11. The Balaban J connectivity index is 1.96. The second kappa shape index (κ2) is 5.46. The fraction of sp³-hybridized carbons (Fsp3) is 0.286. The quantitative estimate of drug-likeness (QED) is 0.909. The van der Waals surface area contributed by atoms with E-state index in [1.807, 2.05) is 0 Å². The van der Waals surface area contributed by atoms with E-state index in [9.17, 15) is 9.18 Å². The van der Waals surface area contributed by atoms with E-state index < -0.39 is 0 Å². The maximum absolute atomic E-state index is 13.8. The van der Waals surface area contributed by atoms with Gasteiger partial charge in [-0.15, -0.1) is 0 Å². The van der Waals surface area contributed by atoms with Crippen molar-refractivity contribution in [2.45, 2.75) is 19.5 Å².